The lowest BCUT2D eigenvalue weighted by atomic mass is 10.2. The number of hydrogen-bond donors (Lipinski definition) is 1. The number of nitrogens with one attached hydrogen (secondary N) is 1. The number of hydrogen-bond acceptors (Lipinski definition) is 3. The first-order chi connectivity index (χ1) is 9.62. The Bertz CT molecular complexity index is 584. The Kier molecular flexibility index (Phi) is 4.69. The minimum atomic E-state index is -0.373. The van der Waals surface area contributed by atoms with Crippen molar-refractivity contribution in [3.05, 3.63) is 52.8 Å². The largest absolute Gasteiger partial charge is 0.497 e. The molecular formula is C15H15ClFNO2. The van der Waals surface area contributed by atoms with Crippen LogP contribution in [-0.4, -0.2) is 14.2 Å². The van der Waals surface area contributed by atoms with E-state index in [0.29, 0.717) is 23.0 Å². The van der Waals surface area contributed by atoms with E-state index in [4.69, 9.17) is 21.1 Å². The summed E-state index contributed by atoms with van der Waals surface area (Å²) in [5, 5.41) is 3.47. The SMILES string of the molecule is COc1ccc(CNc2cc(F)cc(Cl)c2)c(OC)c1. The van der Waals surface area contributed by atoms with Crippen molar-refractivity contribution in [1.29, 1.82) is 0 Å². The number of halogens is 2. The van der Waals surface area contributed by atoms with Crippen LogP contribution >= 0.6 is 11.6 Å². The molecule has 0 aromatic heterocycles. The summed E-state index contributed by atoms with van der Waals surface area (Å²) in [5.41, 5.74) is 1.56. The van der Waals surface area contributed by atoms with Gasteiger partial charge in [-0.05, 0) is 30.3 Å². The highest BCUT2D eigenvalue weighted by Gasteiger charge is 2.06. The molecule has 0 aliphatic rings. The predicted octanol–water partition coefficient (Wildman–Crippen LogP) is 4.11. The molecule has 0 spiro atoms. The highest BCUT2D eigenvalue weighted by molar-refractivity contribution is 6.30. The number of benzene rings is 2. The number of methoxy groups -OCH3 is 2. The van der Waals surface area contributed by atoms with Gasteiger partial charge in [-0.1, -0.05) is 11.6 Å². The Morgan fingerprint density at radius 1 is 1.10 bits per heavy atom. The Hall–Kier alpha value is -1.94. The van der Waals surface area contributed by atoms with E-state index in [0.717, 1.165) is 11.3 Å². The molecule has 2 aromatic carbocycles. The van der Waals surface area contributed by atoms with Crippen LogP contribution in [0.2, 0.25) is 5.02 Å². The predicted molar refractivity (Wildman–Crippen MR) is 78.3 cm³/mol. The topological polar surface area (TPSA) is 30.5 Å². The first-order valence-electron chi connectivity index (χ1n) is 6.03. The summed E-state index contributed by atoms with van der Waals surface area (Å²) >= 11 is 5.81. The van der Waals surface area contributed by atoms with E-state index in [2.05, 4.69) is 5.32 Å². The molecule has 2 aromatic rings. The van der Waals surface area contributed by atoms with Gasteiger partial charge in [-0.15, -0.1) is 0 Å². The first kappa shape index (κ1) is 14.5. The third-order valence-corrected chi connectivity index (χ3v) is 3.06. The van der Waals surface area contributed by atoms with Gasteiger partial charge in [-0.3, -0.25) is 0 Å². The van der Waals surface area contributed by atoms with E-state index in [-0.39, 0.29) is 5.82 Å². The Balaban J connectivity index is 2.14. The molecule has 0 aliphatic heterocycles. The Morgan fingerprint density at radius 3 is 2.55 bits per heavy atom. The molecule has 0 saturated carbocycles. The van der Waals surface area contributed by atoms with Crippen LogP contribution < -0.4 is 14.8 Å². The fourth-order valence-electron chi connectivity index (χ4n) is 1.85. The molecule has 3 nitrogen and oxygen atoms in total. The van der Waals surface area contributed by atoms with E-state index in [1.807, 2.05) is 12.1 Å². The lowest BCUT2D eigenvalue weighted by molar-refractivity contribution is 0.391. The number of ether oxygens (including phenoxy) is 2. The van der Waals surface area contributed by atoms with Gasteiger partial charge in [0.15, 0.2) is 0 Å². The summed E-state index contributed by atoms with van der Waals surface area (Å²) in [6.07, 6.45) is 0. The zero-order valence-electron chi connectivity index (χ0n) is 11.2. The van der Waals surface area contributed by atoms with Gasteiger partial charge in [0.05, 0.1) is 14.2 Å². The van der Waals surface area contributed by atoms with Gasteiger partial charge >= 0.3 is 0 Å². The van der Waals surface area contributed by atoms with E-state index in [1.165, 1.54) is 12.1 Å². The van der Waals surface area contributed by atoms with Crippen LogP contribution in [0.15, 0.2) is 36.4 Å². The Labute approximate surface area is 122 Å². The van der Waals surface area contributed by atoms with Gasteiger partial charge in [-0.2, -0.15) is 0 Å². The normalized spacial score (nSPS) is 10.2. The van der Waals surface area contributed by atoms with Crippen molar-refractivity contribution < 1.29 is 13.9 Å². The average molecular weight is 296 g/mol. The molecule has 0 amide bonds. The molecule has 0 atom stereocenters. The fraction of sp³-hybridized carbons (Fsp3) is 0.200. The van der Waals surface area contributed by atoms with Crippen molar-refractivity contribution in [1.82, 2.24) is 0 Å². The van der Waals surface area contributed by atoms with Crippen molar-refractivity contribution in [3.8, 4) is 11.5 Å². The molecule has 0 fully saturated rings. The second-order valence-corrected chi connectivity index (χ2v) is 4.63. The summed E-state index contributed by atoms with van der Waals surface area (Å²) in [4.78, 5) is 0. The van der Waals surface area contributed by atoms with Crippen LogP contribution in [0.1, 0.15) is 5.56 Å². The molecule has 106 valence electrons. The number of anilines is 1. The molecule has 1 N–H and O–H groups in total. The van der Waals surface area contributed by atoms with Gasteiger partial charge in [0.1, 0.15) is 17.3 Å². The Morgan fingerprint density at radius 2 is 1.90 bits per heavy atom. The van der Waals surface area contributed by atoms with Gasteiger partial charge in [-0.25, -0.2) is 4.39 Å². The lowest BCUT2D eigenvalue weighted by Gasteiger charge is -2.12. The highest BCUT2D eigenvalue weighted by atomic mass is 35.5. The van der Waals surface area contributed by atoms with Crippen LogP contribution in [-0.2, 0) is 6.54 Å². The summed E-state index contributed by atoms with van der Waals surface area (Å²) < 4.78 is 23.7. The van der Waals surface area contributed by atoms with Crippen molar-refractivity contribution in [2.45, 2.75) is 6.54 Å². The quantitative estimate of drug-likeness (QED) is 0.900. The maximum absolute atomic E-state index is 13.2. The molecule has 0 saturated heterocycles. The van der Waals surface area contributed by atoms with Gasteiger partial charge in [0.2, 0.25) is 0 Å². The van der Waals surface area contributed by atoms with Crippen molar-refractivity contribution in [3.63, 3.8) is 0 Å². The summed E-state index contributed by atoms with van der Waals surface area (Å²) in [6, 6.07) is 9.86. The van der Waals surface area contributed by atoms with E-state index in [1.54, 1.807) is 26.4 Å². The summed E-state index contributed by atoms with van der Waals surface area (Å²) in [5.74, 6) is 1.06. The zero-order valence-corrected chi connectivity index (χ0v) is 12.0. The fourth-order valence-corrected chi connectivity index (χ4v) is 2.07. The van der Waals surface area contributed by atoms with Crippen LogP contribution in [0.5, 0.6) is 11.5 Å². The van der Waals surface area contributed by atoms with Crippen LogP contribution in [0.25, 0.3) is 0 Å². The van der Waals surface area contributed by atoms with Crippen molar-refractivity contribution in [2.24, 2.45) is 0 Å². The summed E-state index contributed by atoms with van der Waals surface area (Å²) in [7, 11) is 3.19. The minimum Gasteiger partial charge on any atom is -0.497 e. The zero-order chi connectivity index (χ0) is 14.5. The third-order valence-electron chi connectivity index (χ3n) is 2.84. The molecule has 0 radical (unpaired) electrons. The van der Waals surface area contributed by atoms with Crippen LogP contribution in [0.4, 0.5) is 10.1 Å². The van der Waals surface area contributed by atoms with E-state index >= 15 is 0 Å². The third kappa shape index (κ3) is 3.54. The van der Waals surface area contributed by atoms with Gasteiger partial charge < -0.3 is 14.8 Å². The van der Waals surface area contributed by atoms with Crippen molar-refractivity contribution in [2.75, 3.05) is 19.5 Å². The monoisotopic (exact) mass is 295 g/mol. The molecule has 0 unspecified atom stereocenters. The number of rotatable bonds is 5. The maximum Gasteiger partial charge on any atom is 0.127 e. The summed E-state index contributed by atoms with van der Waals surface area (Å²) in [6.45, 7) is 0.493. The van der Waals surface area contributed by atoms with Crippen LogP contribution in [0, 0.1) is 5.82 Å². The molecule has 0 aliphatic carbocycles. The molecule has 5 heteroatoms. The smallest absolute Gasteiger partial charge is 0.127 e. The molecule has 0 heterocycles. The van der Waals surface area contributed by atoms with Gasteiger partial charge in [0.25, 0.3) is 0 Å². The molecular weight excluding hydrogens is 281 g/mol. The lowest BCUT2D eigenvalue weighted by Crippen LogP contribution is -2.02. The molecule has 2 rings (SSSR count). The first-order valence-corrected chi connectivity index (χ1v) is 6.41. The van der Waals surface area contributed by atoms with E-state index < -0.39 is 0 Å². The molecule has 0 bridgehead atoms. The molecule has 20 heavy (non-hydrogen) atoms. The van der Waals surface area contributed by atoms with Crippen LogP contribution in [0.3, 0.4) is 0 Å². The second kappa shape index (κ2) is 6.48. The van der Waals surface area contributed by atoms with Crippen molar-refractivity contribution >= 4 is 17.3 Å². The minimum absolute atomic E-state index is 0.356. The average Bonchev–Trinajstić information content (AvgIpc) is 2.44. The highest BCUT2D eigenvalue weighted by Crippen LogP contribution is 2.26. The maximum atomic E-state index is 13.2. The van der Waals surface area contributed by atoms with E-state index in [9.17, 15) is 4.39 Å². The standard InChI is InChI=1S/C15H15ClFNO2/c1-19-14-4-3-10(15(8-14)20-2)9-18-13-6-11(16)5-12(17)7-13/h3-8,18H,9H2,1-2H3. The second-order valence-electron chi connectivity index (χ2n) is 4.19. The van der Waals surface area contributed by atoms with Gasteiger partial charge in [0, 0.05) is 28.9 Å².